The Morgan fingerprint density at radius 3 is 2.76 bits per heavy atom. The van der Waals surface area contributed by atoms with Crippen LogP contribution in [-0.4, -0.2) is 20.9 Å². The van der Waals surface area contributed by atoms with E-state index < -0.39 is 0 Å². The fraction of sp³-hybridized carbons (Fsp3) is 0. The number of pyridine rings is 1. The smallest absolute Gasteiger partial charge is 0.248 e. The number of amides is 1. The van der Waals surface area contributed by atoms with Crippen LogP contribution in [0.2, 0.25) is 0 Å². The van der Waals surface area contributed by atoms with E-state index in [1.54, 1.807) is 36.9 Å². The lowest BCUT2D eigenvalue weighted by atomic mass is 10.2. The molecule has 0 unspecified atom stereocenters. The van der Waals surface area contributed by atoms with Crippen molar-refractivity contribution in [3.05, 3.63) is 90.3 Å². The van der Waals surface area contributed by atoms with Gasteiger partial charge in [-0.25, -0.2) is 4.98 Å². The first-order valence-electron chi connectivity index (χ1n) is 7.58. The number of carbonyl (C=O) groups is 1. The maximum atomic E-state index is 12.0. The molecule has 1 amide bonds. The van der Waals surface area contributed by atoms with Gasteiger partial charge in [0.2, 0.25) is 5.91 Å². The molecule has 3 aromatic rings. The molecule has 0 spiro atoms. The minimum atomic E-state index is -0.250. The SMILES string of the molecule is O=C(/C=C/c1cnccn1)Nc1cccc(C#Cc2ccccn2)c1. The standard InChI is InChI=1S/C20H14N4O/c25-20(10-9-19-15-21-12-13-23-19)24-18-6-3-4-16(14-18)7-8-17-5-1-2-11-22-17/h1-6,9-15H,(H,24,25)/b10-9+. The summed E-state index contributed by atoms with van der Waals surface area (Å²) in [7, 11) is 0. The fourth-order valence-electron chi connectivity index (χ4n) is 1.99. The zero-order valence-corrected chi connectivity index (χ0v) is 13.3. The van der Waals surface area contributed by atoms with E-state index in [0.717, 1.165) is 5.56 Å². The number of hydrogen-bond donors (Lipinski definition) is 1. The summed E-state index contributed by atoms with van der Waals surface area (Å²) in [6.45, 7) is 0. The van der Waals surface area contributed by atoms with Gasteiger partial charge in [-0.05, 0) is 42.3 Å². The fourth-order valence-corrected chi connectivity index (χ4v) is 1.99. The van der Waals surface area contributed by atoms with Gasteiger partial charge in [-0.2, -0.15) is 0 Å². The van der Waals surface area contributed by atoms with Crippen molar-refractivity contribution >= 4 is 17.7 Å². The molecule has 120 valence electrons. The van der Waals surface area contributed by atoms with E-state index >= 15 is 0 Å². The van der Waals surface area contributed by atoms with E-state index in [1.165, 1.54) is 6.08 Å². The van der Waals surface area contributed by atoms with Crippen LogP contribution in [0.5, 0.6) is 0 Å². The summed E-state index contributed by atoms with van der Waals surface area (Å²) in [4.78, 5) is 24.1. The molecule has 0 bridgehead atoms. The summed E-state index contributed by atoms with van der Waals surface area (Å²) in [5.74, 6) is 5.77. The number of hydrogen-bond acceptors (Lipinski definition) is 4. The molecule has 0 radical (unpaired) electrons. The quantitative estimate of drug-likeness (QED) is 0.593. The summed E-state index contributed by atoms with van der Waals surface area (Å²) in [5, 5.41) is 2.79. The monoisotopic (exact) mass is 326 g/mol. The zero-order valence-electron chi connectivity index (χ0n) is 13.3. The lowest BCUT2D eigenvalue weighted by Crippen LogP contribution is -2.07. The predicted octanol–water partition coefficient (Wildman–Crippen LogP) is 2.92. The van der Waals surface area contributed by atoms with E-state index in [2.05, 4.69) is 32.1 Å². The molecule has 1 aromatic carbocycles. The summed E-state index contributed by atoms with van der Waals surface area (Å²) >= 11 is 0. The molecule has 5 heteroatoms. The Balaban J connectivity index is 1.67. The minimum absolute atomic E-state index is 0.250. The van der Waals surface area contributed by atoms with E-state index in [0.29, 0.717) is 17.1 Å². The van der Waals surface area contributed by atoms with Crippen molar-refractivity contribution in [2.75, 3.05) is 5.32 Å². The van der Waals surface area contributed by atoms with Gasteiger partial charge >= 0.3 is 0 Å². The Kier molecular flexibility index (Phi) is 5.26. The topological polar surface area (TPSA) is 67.8 Å². The van der Waals surface area contributed by atoms with Crippen LogP contribution in [0.3, 0.4) is 0 Å². The van der Waals surface area contributed by atoms with E-state index in [-0.39, 0.29) is 5.91 Å². The second-order valence-electron chi connectivity index (χ2n) is 5.00. The van der Waals surface area contributed by atoms with Crippen LogP contribution < -0.4 is 5.32 Å². The van der Waals surface area contributed by atoms with Crippen molar-refractivity contribution in [1.29, 1.82) is 0 Å². The molecule has 3 rings (SSSR count). The Bertz CT molecular complexity index is 941. The highest BCUT2D eigenvalue weighted by Crippen LogP contribution is 2.10. The van der Waals surface area contributed by atoms with Crippen molar-refractivity contribution in [2.24, 2.45) is 0 Å². The Morgan fingerprint density at radius 2 is 1.96 bits per heavy atom. The van der Waals surface area contributed by atoms with Crippen LogP contribution in [-0.2, 0) is 4.79 Å². The van der Waals surface area contributed by atoms with Crippen LogP contribution in [0, 0.1) is 11.8 Å². The van der Waals surface area contributed by atoms with Crippen LogP contribution in [0.25, 0.3) is 6.08 Å². The molecule has 0 saturated carbocycles. The normalized spacial score (nSPS) is 10.1. The van der Waals surface area contributed by atoms with Gasteiger partial charge in [-0.1, -0.05) is 18.1 Å². The number of nitrogens with zero attached hydrogens (tertiary/aromatic N) is 3. The Morgan fingerprint density at radius 1 is 1.00 bits per heavy atom. The van der Waals surface area contributed by atoms with Gasteiger partial charge in [0.15, 0.2) is 0 Å². The molecule has 1 N–H and O–H groups in total. The molecule has 2 heterocycles. The highest BCUT2D eigenvalue weighted by atomic mass is 16.1. The number of anilines is 1. The number of nitrogens with one attached hydrogen (secondary N) is 1. The second-order valence-corrected chi connectivity index (χ2v) is 5.00. The van der Waals surface area contributed by atoms with Crippen LogP contribution in [0.1, 0.15) is 17.0 Å². The maximum Gasteiger partial charge on any atom is 0.248 e. The molecule has 2 aromatic heterocycles. The zero-order chi connectivity index (χ0) is 17.3. The highest BCUT2D eigenvalue weighted by molar-refractivity contribution is 6.01. The van der Waals surface area contributed by atoms with Gasteiger partial charge in [-0.15, -0.1) is 0 Å². The van der Waals surface area contributed by atoms with Crippen molar-refractivity contribution < 1.29 is 4.79 Å². The van der Waals surface area contributed by atoms with Gasteiger partial charge in [0, 0.05) is 35.9 Å². The third kappa shape index (κ3) is 5.12. The summed E-state index contributed by atoms with van der Waals surface area (Å²) in [6, 6.07) is 12.9. The first kappa shape index (κ1) is 16.1. The Labute approximate surface area is 145 Å². The summed E-state index contributed by atoms with van der Waals surface area (Å²) in [6.07, 6.45) is 9.45. The first-order valence-corrected chi connectivity index (χ1v) is 7.58. The van der Waals surface area contributed by atoms with Crippen LogP contribution in [0.15, 0.2) is 73.3 Å². The van der Waals surface area contributed by atoms with Gasteiger partial charge in [0.25, 0.3) is 0 Å². The molecular formula is C20H14N4O. The number of benzene rings is 1. The molecule has 0 fully saturated rings. The van der Waals surface area contributed by atoms with E-state index in [4.69, 9.17) is 0 Å². The van der Waals surface area contributed by atoms with Gasteiger partial charge in [0.1, 0.15) is 5.69 Å². The average Bonchev–Trinajstić information content (AvgIpc) is 2.67. The first-order chi connectivity index (χ1) is 12.3. The van der Waals surface area contributed by atoms with Crippen molar-refractivity contribution in [2.45, 2.75) is 0 Å². The molecule has 0 saturated heterocycles. The van der Waals surface area contributed by atoms with Gasteiger partial charge in [0.05, 0.1) is 11.9 Å². The molecular weight excluding hydrogens is 312 g/mol. The lowest BCUT2D eigenvalue weighted by Gasteiger charge is -2.02. The number of aromatic nitrogens is 3. The van der Waals surface area contributed by atoms with Crippen molar-refractivity contribution in [1.82, 2.24) is 15.0 Å². The molecule has 0 aliphatic carbocycles. The van der Waals surface area contributed by atoms with E-state index in [9.17, 15) is 4.79 Å². The minimum Gasteiger partial charge on any atom is -0.322 e. The van der Waals surface area contributed by atoms with E-state index in [1.807, 2.05) is 36.4 Å². The van der Waals surface area contributed by atoms with Crippen LogP contribution >= 0.6 is 0 Å². The Hall–Kier alpha value is -3.78. The highest BCUT2D eigenvalue weighted by Gasteiger charge is 1.99. The predicted molar refractivity (Wildman–Crippen MR) is 96.4 cm³/mol. The molecule has 25 heavy (non-hydrogen) atoms. The second kappa shape index (κ2) is 8.18. The third-order valence-electron chi connectivity index (χ3n) is 3.12. The van der Waals surface area contributed by atoms with Crippen molar-refractivity contribution in [3.8, 4) is 11.8 Å². The third-order valence-corrected chi connectivity index (χ3v) is 3.12. The number of rotatable bonds is 3. The average molecular weight is 326 g/mol. The van der Waals surface area contributed by atoms with Gasteiger partial charge < -0.3 is 5.32 Å². The summed E-state index contributed by atoms with van der Waals surface area (Å²) < 4.78 is 0. The lowest BCUT2D eigenvalue weighted by molar-refractivity contribution is -0.111. The largest absolute Gasteiger partial charge is 0.322 e. The molecule has 0 atom stereocenters. The van der Waals surface area contributed by atoms with Crippen LogP contribution in [0.4, 0.5) is 5.69 Å². The molecule has 0 aliphatic rings. The van der Waals surface area contributed by atoms with Crippen molar-refractivity contribution in [3.63, 3.8) is 0 Å². The number of carbonyl (C=O) groups excluding carboxylic acids is 1. The van der Waals surface area contributed by atoms with Gasteiger partial charge in [-0.3, -0.25) is 14.8 Å². The maximum absolute atomic E-state index is 12.0. The molecule has 0 aliphatic heterocycles. The summed E-state index contributed by atoms with van der Waals surface area (Å²) in [5.41, 5.74) is 2.78. The molecule has 5 nitrogen and oxygen atoms in total.